The normalized spacial score (nSPS) is 10.3. The molecule has 102 valence electrons. The second kappa shape index (κ2) is 5.14. The number of rotatable bonds is 2. The van der Waals surface area contributed by atoms with Crippen LogP contribution < -0.4 is 5.32 Å². The predicted molar refractivity (Wildman–Crippen MR) is 80.1 cm³/mol. The van der Waals surface area contributed by atoms with E-state index in [-0.39, 0.29) is 11.7 Å². The molecule has 4 nitrogen and oxygen atoms in total. The Bertz CT molecular complexity index is 872. The molecule has 0 radical (unpaired) electrons. The number of carbonyl (C=O) groups is 1. The minimum Gasteiger partial charge on any atom is -0.451 e. The van der Waals surface area contributed by atoms with Crippen LogP contribution in [0.4, 0.5) is 5.69 Å². The molecule has 2 aromatic carbocycles. The monoisotopic (exact) mass is 276 g/mol. The summed E-state index contributed by atoms with van der Waals surface area (Å²) in [5, 5.41) is 12.6. The van der Waals surface area contributed by atoms with Crippen LogP contribution in [0.2, 0.25) is 0 Å². The molecule has 1 N–H and O–H groups in total. The first-order valence-corrected chi connectivity index (χ1v) is 6.48. The Kier molecular flexibility index (Phi) is 3.17. The Morgan fingerprint density at radius 2 is 2.00 bits per heavy atom. The number of hydrogen-bond acceptors (Lipinski definition) is 3. The van der Waals surface area contributed by atoms with Crippen LogP contribution in [0.5, 0.6) is 0 Å². The molecule has 1 amide bonds. The van der Waals surface area contributed by atoms with Crippen molar-refractivity contribution in [2.45, 2.75) is 6.92 Å². The van der Waals surface area contributed by atoms with E-state index in [2.05, 4.69) is 5.32 Å². The topological polar surface area (TPSA) is 66.0 Å². The molecule has 0 saturated carbocycles. The summed E-state index contributed by atoms with van der Waals surface area (Å²) < 4.78 is 5.56. The highest BCUT2D eigenvalue weighted by atomic mass is 16.3. The molecule has 0 aliphatic carbocycles. The molecule has 3 rings (SSSR count). The zero-order chi connectivity index (χ0) is 14.8. The van der Waals surface area contributed by atoms with Gasteiger partial charge in [0.05, 0.1) is 11.3 Å². The molecule has 0 aliphatic rings. The molecule has 4 heteroatoms. The van der Waals surface area contributed by atoms with Gasteiger partial charge in [-0.25, -0.2) is 0 Å². The van der Waals surface area contributed by atoms with E-state index in [9.17, 15) is 4.79 Å². The number of nitriles is 1. The number of fused-ring (bicyclic) bond motifs is 1. The highest BCUT2D eigenvalue weighted by molar-refractivity contribution is 6.05. The minimum atomic E-state index is -0.369. The Labute approximate surface area is 121 Å². The molecule has 0 unspecified atom stereocenters. The Morgan fingerprint density at radius 3 is 2.81 bits per heavy atom. The van der Waals surface area contributed by atoms with Crippen molar-refractivity contribution >= 4 is 22.6 Å². The van der Waals surface area contributed by atoms with Gasteiger partial charge in [-0.2, -0.15) is 5.26 Å². The largest absolute Gasteiger partial charge is 0.451 e. The molecule has 0 spiro atoms. The van der Waals surface area contributed by atoms with Gasteiger partial charge in [0.2, 0.25) is 0 Å². The number of para-hydroxylation sites is 1. The van der Waals surface area contributed by atoms with Gasteiger partial charge in [0.25, 0.3) is 5.91 Å². The van der Waals surface area contributed by atoms with Gasteiger partial charge >= 0.3 is 0 Å². The van der Waals surface area contributed by atoms with Crippen LogP contribution in [0.15, 0.2) is 52.9 Å². The third-order valence-corrected chi connectivity index (χ3v) is 3.20. The Hall–Kier alpha value is -3.06. The summed E-state index contributed by atoms with van der Waals surface area (Å²) in [5.41, 5.74) is 2.63. The highest BCUT2D eigenvalue weighted by Crippen LogP contribution is 2.22. The lowest BCUT2D eigenvalue weighted by Crippen LogP contribution is -2.11. The number of furan rings is 1. The van der Waals surface area contributed by atoms with Crippen LogP contribution in [0, 0.1) is 18.3 Å². The van der Waals surface area contributed by atoms with Crippen LogP contribution in [0.3, 0.4) is 0 Å². The average molecular weight is 276 g/mol. The smallest absolute Gasteiger partial charge is 0.291 e. The Balaban J connectivity index is 1.92. The quantitative estimate of drug-likeness (QED) is 0.772. The third kappa shape index (κ3) is 2.49. The van der Waals surface area contributed by atoms with E-state index < -0.39 is 0 Å². The molecule has 3 aromatic rings. The van der Waals surface area contributed by atoms with Gasteiger partial charge in [-0.15, -0.1) is 0 Å². The van der Waals surface area contributed by atoms with Gasteiger partial charge in [0, 0.05) is 5.39 Å². The lowest BCUT2D eigenvalue weighted by atomic mass is 10.2. The van der Waals surface area contributed by atoms with E-state index in [1.54, 1.807) is 30.3 Å². The number of nitrogens with one attached hydrogen (secondary N) is 1. The number of nitrogens with zero attached hydrogens (tertiary/aromatic N) is 1. The summed E-state index contributed by atoms with van der Waals surface area (Å²) in [6.07, 6.45) is 0. The summed E-state index contributed by atoms with van der Waals surface area (Å²) in [5.74, 6) is -0.144. The van der Waals surface area contributed by atoms with E-state index in [0.29, 0.717) is 16.8 Å². The summed E-state index contributed by atoms with van der Waals surface area (Å²) >= 11 is 0. The second-order valence-electron chi connectivity index (χ2n) is 4.76. The van der Waals surface area contributed by atoms with Crippen LogP contribution in [0.1, 0.15) is 21.7 Å². The summed E-state index contributed by atoms with van der Waals surface area (Å²) in [6.45, 7) is 1.96. The first-order valence-electron chi connectivity index (χ1n) is 6.48. The van der Waals surface area contributed by atoms with E-state index >= 15 is 0 Å². The molecular weight excluding hydrogens is 264 g/mol. The van der Waals surface area contributed by atoms with Crippen LogP contribution in [0.25, 0.3) is 11.0 Å². The molecule has 1 heterocycles. The van der Waals surface area contributed by atoms with Gasteiger partial charge in [-0.05, 0) is 36.8 Å². The van der Waals surface area contributed by atoms with Crippen LogP contribution in [-0.2, 0) is 0 Å². The van der Waals surface area contributed by atoms with Gasteiger partial charge in [0.15, 0.2) is 5.76 Å². The molecular formula is C17H12N2O2. The molecule has 0 fully saturated rings. The number of amides is 1. The van der Waals surface area contributed by atoms with E-state index in [4.69, 9.17) is 9.68 Å². The summed E-state index contributed by atoms with van der Waals surface area (Å²) in [4.78, 5) is 12.2. The summed E-state index contributed by atoms with van der Waals surface area (Å²) in [6, 6.07) is 16.3. The summed E-state index contributed by atoms with van der Waals surface area (Å²) in [7, 11) is 0. The standard InChI is InChI=1S/C17H12N2O2/c1-11-6-7-12-9-16(21-15(12)8-11)17(20)19-14-5-3-2-4-13(14)10-18/h2-9H,1H3,(H,19,20). The SMILES string of the molecule is Cc1ccc2cc(C(=O)Nc3ccccc3C#N)oc2c1. The van der Waals surface area contributed by atoms with Crippen molar-refractivity contribution in [1.82, 2.24) is 0 Å². The van der Waals surface area contributed by atoms with Crippen LogP contribution >= 0.6 is 0 Å². The Morgan fingerprint density at radius 1 is 1.19 bits per heavy atom. The predicted octanol–water partition coefficient (Wildman–Crippen LogP) is 3.87. The number of benzene rings is 2. The second-order valence-corrected chi connectivity index (χ2v) is 4.76. The molecule has 0 atom stereocenters. The average Bonchev–Trinajstić information content (AvgIpc) is 2.91. The van der Waals surface area contributed by atoms with E-state index in [1.807, 2.05) is 31.2 Å². The number of carbonyl (C=O) groups excluding carboxylic acids is 1. The van der Waals surface area contributed by atoms with E-state index in [0.717, 1.165) is 10.9 Å². The van der Waals surface area contributed by atoms with Crippen molar-refractivity contribution in [3.8, 4) is 6.07 Å². The fourth-order valence-corrected chi connectivity index (χ4v) is 2.12. The number of hydrogen-bond donors (Lipinski definition) is 1. The third-order valence-electron chi connectivity index (χ3n) is 3.20. The van der Waals surface area contributed by atoms with Crippen molar-refractivity contribution in [3.05, 3.63) is 65.4 Å². The highest BCUT2D eigenvalue weighted by Gasteiger charge is 2.14. The number of aryl methyl sites for hydroxylation is 1. The van der Waals surface area contributed by atoms with Gasteiger partial charge in [-0.1, -0.05) is 24.3 Å². The van der Waals surface area contributed by atoms with Gasteiger partial charge < -0.3 is 9.73 Å². The first kappa shape index (κ1) is 12.9. The van der Waals surface area contributed by atoms with Crippen molar-refractivity contribution in [2.75, 3.05) is 5.32 Å². The van der Waals surface area contributed by atoms with Crippen LogP contribution in [-0.4, -0.2) is 5.91 Å². The van der Waals surface area contributed by atoms with E-state index in [1.165, 1.54) is 0 Å². The lowest BCUT2D eigenvalue weighted by Gasteiger charge is -2.04. The lowest BCUT2D eigenvalue weighted by molar-refractivity contribution is 0.0998. The first-order chi connectivity index (χ1) is 10.2. The maximum absolute atomic E-state index is 12.2. The zero-order valence-corrected chi connectivity index (χ0v) is 11.4. The molecule has 21 heavy (non-hydrogen) atoms. The van der Waals surface area contributed by atoms with Gasteiger partial charge in [0.1, 0.15) is 11.7 Å². The molecule has 1 aromatic heterocycles. The van der Waals surface area contributed by atoms with Gasteiger partial charge in [-0.3, -0.25) is 4.79 Å². The number of anilines is 1. The molecule has 0 aliphatic heterocycles. The zero-order valence-electron chi connectivity index (χ0n) is 11.4. The fraction of sp³-hybridized carbons (Fsp3) is 0.0588. The molecule has 0 saturated heterocycles. The van der Waals surface area contributed by atoms with Crippen molar-refractivity contribution in [1.29, 1.82) is 5.26 Å². The fourth-order valence-electron chi connectivity index (χ4n) is 2.12. The minimum absolute atomic E-state index is 0.225. The van der Waals surface area contributed by atoms with Crippen molar-refractivity contribution in [2.24, 2.45) is 0 Å². The molecule has 0 bridgehead atoms. The maximum Gasteiger partial charge on any atom is 0.291 e. The van der Waals surface area contributed by atoms with Crippen molar-refractivity contribution < 1.29 is 9.21 Å². The van der Waals surface area contributed by atoms with Crippen molar-refractivity contribution in [3.63, 3.8) is 0 Å². The maximum atomic E-state index is 12.2.